The van der Waals surface area contributed by atoms with Gasteiger partial charge in [0.25, 0.3) is 5.91 Å². The molecule has 0 aliphatic carbocycles. The summed E-state index contributed by atoms with van der Waals surface area (Å²) in [7, 11) is -3.69. The third-order valence-corrected chi connectivity index (χ3v) is 7.97. The van der Waals surface area contributed by atoms with E-state index in [4.69, 9.17) is 4.74 Å². The van der Waals surface area contributed by atoms with Gasteiger partial charge in [-0.25, -0.2) is 8.42 Å². The number of thioether (sulfide) groups is 1. The van der Waals surface area contributed by atoms with Crippen LogP contribution in [0.25, 0.3) is 0 Å². The highest BCUT2D eigenvalue weighted by Gasteiger charge is 2.28. The van der Waals surface area contributed by atoms with Gasteiger partial charge in [0.1, 0.15) is 0 Å². The molecule has 1 aromatic carbocycles. The maximum atomic E-state index is 13.0. The predicted molar refractivity (Wildman–Crippen MR) is 110 cm³/mol. The van der Waals surface area contributed by atoms with Gasteiger partial charge in [0.05, 0.1) is 18.1 Å². The average molecular weight is 443 g/mol. The van der Waals surface area contributed by atoms with E-state index in [9.17, 15) is 13.2 Å². The summed E-state index contributed by atoms with van der Waals surface area (Å²) in [4.78, 5) is 12.7. The van der Waals surface area contributed by atoms with E-state index in [1.165, 1.54) is 21.7 Å². The number of benzene rings is 1. The van der Waals surface area contributed by atoms with Crippen molar-refractivity contribution >= 4 is 44.2 Å². The molecule has 1 amide bonds. The van der Waals surface area contributed by atoms with Gasteiger partial charge in [0, 0.05) is 23.9 Å². The van der Waals surface area contributed by atoms with Gasteiger partial charge >= 0.3 is 0 Å². The standard InChI is InChI=1S/C17H22N4O4S3/c1-11(2)26-17-20-19-16(27-17)18-15(22)13-5-4-12(3)14(10-13)28(23,24)21-6-8-25-9-7-21/h4-5,10-11H,6-9H2,1-3H3,(H,18,19,22). The molecule has 0 atom stereocenters. The Labute approximate surface area is 172 Å². The Morgan fingerprint density at radius 2 is 2.00 bits per heavy atom. The lowest BCUT2D eigenvalue weighted by molar-refractivity contribution is 0.0730. The Balaban J connectivity index is 1.80. The van der Waals surface area contributed by atoms with Crippen molar-refractivity contribution in [3.8, 4) is 0 Å². The number of aromatic nitrogens is 2. The molecule has 0 radical (unpaired) electrons. The fourth-order valence-electron chi connectivity index (χ4n) is 2.62. The number of aryl methyl sites for hydroxylation is 1. The van der Waals surface area contributed by atoms with E-state index in [2.05, 4.69) is 15.5 Å². The molecule has 0 saturated carbocycles. The molecule has 11 heteroatoms. The molecule has 0 unspecified atom stereocenters. The average Bonchev–Trinajstić information content (AvgIpc) is 3.08. The third-order valence-electron chi connectivity index (χ3n) is 4.00. The topological polar surface area (TPSA) is 101 Å². The number of hydrogen-bond donors (Lipinski definition) is 1. The smallest absolute Gasteiger partial charge is 0.257 e. The van der Waals surface area contributed by atoms with Crippen LogP contribution in [0.15, 0.2) is 27.4 Å². The molecule has 1 aromatic heterocycles. The second-order valence-electron chi connectivity index (χ2n) is 6.49. The number of hydrogen-bond acceptors (Lipinski definition) is 8. The summed E-state index contributed by atoms with van der Waals surface area (Å²) in [5.74, 6) is -0.421. The minimum absolute atomic E-state index is 0.135. The van der Waals surface area contributed by atoms with Crippen molar-refractivity contribution in [3.63, 3.8) is 0 Å². The van der Waals surface area contributed by atoms with Crippen LogP contribution >= 0.6 is 23.1 Å². The molecular formula is C17H22N4O4S3. The second-order valence-corrected chi connectivity index (χ2v) is 11.2. The molecule has 1 N–H and O–H groups in total. The zero-order valence-electron chi connectivity index (χ0n) is 15.8. The fourth-order valence-corrected chi connectivity index (χ4v) is 6.25. The van der Waals surface area contributed by atoms with Gasteiger partial charge in [-0.15, -0.1) is 10.2 Å². The van der Waals surface area contributed by atoms with E-state index in [1.807, 2.05) is 13.8 Å². The van der Waals surface area contributed by atoms with E-state index >= 15 is 0 Å². The van der Waals surface area contributed by atoms with Gasteiger partial charge < -0.3 is 4.74 Å². The molecule has 0 bridgehead atoms. The molecular weight excluding hydrogens is 420 g/mol. The number of ether oxygens (including phenoxy) is 1. The highest BCUT2D eigenvalue weighted by Crippen LogP contribution is 2.29. The van der Waals surface area contributed by atoms with Crippen molar-refractivity contribution in [1.82, 2.24) is 14.5 Å². The van der Waals surface area contributed by atoms with Crippen molar-refractivity contribution in [2.75, 3.05) is 31.6 Å². The number of morpholine rings is 1. The summed E-state index contributed by atoms with van der Waals surface area (Å²) in [5.41, 5.74) is 0.847. The van der Waals surface area contributed by atoms with Crippen molar-refractivity contribution in [1.29, 1.82) is 0 Å². The maximum Gasteiger partial charge on any atom is 0.257 e. The zero-order chi connectivity index (χ0) is 20.3. The van der Waals surface area contributed by atoms with Crippen LogP contribution in [0.2, 0.25) is 0 Å². The number of nitrogens with zero attached hydrogens (tertiary/aromatic N) is 3. The Morgan fingerprint density at radius 1 is 1.29 bits per heavy atom. The molecule has 1 aliphatic heterocycles. The predicted octanol–water partition coefficient (Wildman–Crippen LogP) is 2.62. The number of rotatable bonds is 6. The Kier molecular flexibility index (Phi) is 6.71. The number of carbonyl (C=O) groups excluding carboxylic acids is 1. The van der Waals surface area contributed by atoms with Crippen molar-refractivity contribution in [3.05, 3.63) is 29.3 Å². The highest BCUT2D eigenvalue weighted by atomic mass is 32.2. The van der Waals surface area contributed by atoms with Crippen molar-refractivity contribution in [2.24, 2.45) is 0 Å². The normalized spacial score (nSPS) is 15.7. The molecule has 28 heavy (non-hydrogen) atoms. The van der Waals surface area contributed by atoms with E-state index in [-0.39, 0.29) is 10.5 Å². The van der Waals surface area contributed by atoms with Crippen LogP contribution in [0.3, 0.4) is 0 Å². The summed E-state index contributed by atoms with van der Waals surface area (Å²) in [5, 5.41) is 11.4. The van der Waals surface area contributed by atoms with Crippen LogP contribution in [0.1, 0.15) is 29.8 Å². The summed E-state index contributed by atoms with van der Waals surface area (Å²) in [6.07, 6.45) is 0. The van der Waals surface area contributed by atoms with Crippen LogP contribution in [0.4, 0.5) is 5.13 Å². The van der Waals surface area contributed by atoms with Crippen LogP contribution in [-0.2, 0) is 14.8 Å². The maximum absolute atomic E-state index is 13.0. The van der Waals surface area contributed by atoms with E-state index < -0.39 is 15.9 Å². The van der Waals surface area contributed by atoms with Gasteiger partial charge in [-0.2, -0.15) is 4.31 Å². The Morgan fingerprint density at radius 3 is 2.68 bits per heavy atom. The van der Waals surface area contributed by atoms with Crippen molar-refractivity contribution < 1.29 is 17.9 Å². The number of sulfonamides is 1. The van der Waals surface area contributed by atoms with Crippen LogP contribution in [-0.4, -0.2) is 60.4 Å². The van der Waals surface area contributed by atoms with Crippen LogP contribution in [0, 0.1) is 6.92 Å². The minimum Gasteiger partial charge on any atom is -0.379 e. The number of anilines is 1. The molecule has 152 valence electrons. The van der Waals surface area contributed by atoms with Crippen LogP contribution < -0.4 is 5.32 Å². The zero-order valence-corrected chi connectivity index (χ0v) is 18.3. The van der Waals surface area contributed by atoms with Gasteiger partial charge in [0.15, 0.2) is 4.34 Å². The number of carbonyl (C=O) groups is 1. The summed E-state index contributed by atoms with van der Waals surface area (Å²) < 4.78 is 33.3. The van der Waals surface area contributed by atoms with E-state index in [0.717, 1.165) is 4.34 Å². The first-order chi connectivity index (χ1) is 13.3. The molecule has 2 aromatic rings. The third kappa shape index (κ3) is 4.90. The summed E-state index contributed by atoms with van der Waals surface area (Å²) >= 11 is 2.85. The SMILES string of the molecule is Cc1ccc(C(=O)Nc2nnc(SC(C)C)s2)cc1S(=O)(=O)N1CCOCC1. The van der Waals surface area contributed by atoms with E-state index in [1.54, 1.807) is 30.8 Å². The Bertz CT molecular complexity index is 953. The van der Waals surface area contributed by atoms with E-state index in [0.29, 0.717) is 42.2 Å². The molecule has 8 nitrogen and oxygen atoms in total. The van der Waals surface area contributed by atoms with Gasteiger partial charge in [0.2, 0.25) is 15.2 Å². The quantitative estimate of drug-likeness (QED) is 0.542. The van der Waals surface area contributed by atoms with Crippen LogP contribution in [0.5, 0.6) is 0 Å². The lowest BCUT2D eigenvalue weighted by atomic mass is 10.1. The van der Waals surface area contributed by atoms with Gasteiger partial charge in [-0.3, -0.25) is 10.1 Å². The number of amides is 1. The summed E-state index contributed by atoms with van der Waals surface area (Å²) in [6.45, 7) is 7.16. The fraction of sp³-hybridized carbons (Fsp3) is 0.471. The monoisotopic (exact) mass is 442 g/mol. The molecule has 3 rings (SSSR count). The summed E-state index contributed by atoms with van der Waals surface area (Å²) in [6, 6.07) is 4.66. The largest absolute Gasteiger partial charge is 0.379 e. The minimum atomic E-state index is -3.69. The molecule has 1 fully saturated rings. The first-order valence-corrected chi connectivity index (χ1v) is 11.9. The first-order valence-electron chi connectivity index (χ1n) is 8.77. The molecule has 1 aliphatic rings. The number of nitrogens with one attached hydrogen (secondary N) is 1. The molecule has 0 spiro atoms. The lowest BCUT2D eigenvalue weighted by Gasteiger charge is -2.26. The van der Waals surface area contributed by atoms with Crippen molar-refractivity contribution in [2.45, 2.75) is 35.3 Å². The lowest BCUT2D eigenvalue weighted by Crippen LogP contribution is -2.40. The van der Waals surface area contributed by atoms with Gasteiger partial charge in [-0.1, -0.05) is 43.0 Å². The molecule has 2 heterocycles. The first kappa shape index (κ1) is 21.2. The Hall–Kier alpha value is -1.53. The second kappa shape index (κ2) is 8.87. The van der Waals surface area contributed by atoms with Gasteiger partial charge in [-0.05, 0) is 24.6 Å². The highest BCUT2D eigenvalue weighted by molar-refractivity contribution is 8.01. The molecule has 1 saturated heterocycles.